The molecule has 3 heterocycles. The summed E-state index contributed by atoms with van der Waals surface area (Å²) in [7, 11) is 0. The largest absolute Gasteiger partial charge is 0.454 e. The van der Waals surface area contributed by atoms with Crippen LogP contribution in [-0.2, 0) is 13.1 Å². The molecular weight excluding hydrogens is 412 g/mol. The number of nitrogens with two attached hydrogens (primary N) is 1. The fourth-order valence-electron chi connectivity index (χ4n) is 3.37. The molecule has 0 saturated heterocycles. The van der Waals surface area contributed by atoms with Gasteiger partial charge in [0.1, 0.15) is 5.52 Å². The van der Waals surface area contributed by atoms with Gasteiger partial charge in [-0.1, -0.05) is 32.5 Å². The minimum Gasteiger partial charge on any atom is -0.454 e. The summed E-state index contributed by atoms with van der Waals surface area (Å²) >= 11 is 1.51. The topological polar surface area (TPSA) is 91.6 Å². The van der Waals surface area contributed by atoms with Crippen molar-refractivity contribution < 1.29 is 9.47 Å². The van der Waals surface area contributed by atoms with Crippen molar-refractivity contribution in [2.75, 3.05) is 25.6 Å². The number of hydrogen-bond donors (Lipinski definition) is 2. The van der Waals surface area contributed by atoms with Gasteiger partial charge in [-0.05, 0) is 23.6 Å². The third kappa shape index (κ3) is 4.70. The molecule has 0 aliphatic carbocycles. The third-order valence-electron chi connectivity index (χ3n) is 4.83. The maximum atomic E-state index is 7.32. The summed E-state index contributed by atoms with van der Waals surface area (Å²) in [6.07, 6.45) is 1.71. The van der Waals surface area contributed by atoms with Crippen LogP contribution in [0.3, 0.4) is 0 Å². The van der Waals surface area contributed by atoms with E-state index in [-0.39, 0.29) is 18.8 Å². The number of imidazole rings is 1. The van der Waals surface area contributed by atoms with Crippen molar-refractivity contribution in [2.45, 2.75) is 43.9 Å². The van der Waals surface area contributed by atoms with E-state index in [1.165, 1.54) is 11.8 Å². The van der Waals surface area contributed by atoms with E-state index in [4.69, 9.17) is 26.8 Å². The molecule has 3 aromatic rings. The smallest absolute Gasteiger partial charge is 0.241 e. The number of ether oxygens (including phenoxy) is 2. The van der Waals surface area contributed by atoms with Crippen LogP contribution in [0.25, 0.3) is 15.9 Å². The van der Waals surface area contributed by atoms with Crippen LogP contribution in [0.15, 0.2) is 34.4 Å². The van der Waals surface area contributed by atoms with E-state index in [2.05, 4.69) is 40.5 Å². The van der Waals surface area contributed by atoms with Gasteiger partial charge in [0, 0.05) is 36.3 Å². The van der Waals surface area contributed by atoms with E-state index in [1.54, 1.807) is 6.20 Å². The number of rotatable bonds is 7. The number of nitrogen functional groups attached to an aromatic ring is 1. The number of hydrogen-bond acceptors (Lipinski definition) is 7. The van der Waals surface area contributed by atoms with Crippen LogP contribution in [0, 0.1) is 12.0 Å². The zero-order valence-corrected chi connectivity index (χ0v) is 18.8. The standard InChI is InChI=1S/C22H26N6O2S/c1-22(2,3)12-25-7-8-28-15-5-6-26-20(23)19(15)27-21(28)31-18-10-17-16(29-13-30-17)9-14(18)11-24-4/h5-6,9-10,25H,7-8,11-13H2,1-3H3,(H2,23,26). The van der Waals surface area contributed by atoms with E-state index in [1.807, 2.05) is 18.2 Å². The van der Waals surface area contributed by atoms with Crippen LogP contribution in [0.2, 0.25) is 0 Å². The van der Waals surface area contributed by atoms with E-state index < -0.39 is 0 Å². The van der Waals surface area contributed by atoms with Crippen LogP contribution in [0.1, 0.15) is 26.3 Å². The molecule has 3 N–H and O–H groups in total. The highest BCUT2D eigenvalue weighted by Gasteiger charge is 2.22. The van der Waals surface area contributed by atoms with Gasteiger partial charge in [-0.3, -0.25) is 0 Å². The molecule has 0 bridgehead atoms. The number of fused-ring (bicyclic) bond motifs is 2. The second-order valence-corrected chi connectivity index (χ2v) is 9.59. The highest BCUT2D eigenvalue weighted by molar-refractivity contribution is 7.99. The van der Waals surface area contributed by atoms with E-state index in [0.717, 1.165) is 40.8 Å². The van der Waals surface area contributed by atoms with Crippen molar-refractivity contribution in [3.8, 4) is 11.5 Å². The SMILES string of the molecule is [C-]#[N+]Cc1cc2c(cc1Sc1nc3c(N)nccc3n1CCNCC(C)(C)C)OCO2. The summed E-state index contributed by atoms with van der Waals surface area (Å²) in [6.45, 7) is 16.9. The van der Waals surface area contributed by atoms with Crippen molar-refractivity contribution in [3.63, 3.8) is 0 Å². The minimum atomic E-state index is 0.196. The molecule has 9 heteroatoms. The number of aromatic nitrogens is 3. The molecule has 0 atom stereocenters. The lowest BCUT2D eigenvalue weighted by Gasteiger charge is -2.19. The number of anilines is 1. The predicted octanol–water partition coefficient (Wildman–Crippen LogP) is 3.95. The zero-order chi connectivity index (χ0) is 22.0. The molecule has 8 nitrogen and oxygen atoms in total. The van der Waals surface area contributed by atoms with Crippen LogP contribution < -0.4 is 20.5 Å². The summed E-state index contributed by atoms with van der Waals surface area (Å²) in [6, 6.07) is 5.75. The Morgan fingerprint density at radius 3 is 2.81 bits per heavy atom. The fraction of sp³-hybridized carbons (Fsp3) is 0.409. The Bertz CT molecular complexity index is 1150. The lowest BCUT2D eigenvalue weighted by Crippen LogP contribution is -2.29. The zero-order valence-electron chi connectivity index (χ0n) is 17.9. The van der Waals surface area contributed by atoms with Gasteiger partial charge in [0.25, 0.3) is 0 Å². The lowest BCUT2D eigenvalue weighted by molar-refractivity contribution is 0.174. The number of nitrogens with zero attached hydrogens (tertiary/aromatic N) is 4. The first-order valence-corrected chi connectivity index (χ1v) is 10.9. The maximum Gasteiger partial charge on any atom is 0.241 e. The molecule has 0 unspecified atom stereocenters. The molecule has 1 aliphatic heterocycles. The van der Waals surface area contributed by atoms with Crippen LogP contribution in [-0.4, -0.2) is 34.4 Å². The molecule has 2 aromatic heterocycles. The Kier molecular flexibility index (Phi) is 5.94. The Morgan fingerprint density at radius 1 is 1.29 bits per heavy atom. The Labute approximate surface area is 186 Å². The second kappa shape index (κ2) is 8.65. The average molecular weight is 439 g/mol. The molecule has 162 valence electrons. The summed E-state index contributed by atoms with van der Waals surface area (Å²) in [5.74, 6) is 1.77. The van der Waals surface area contributed by atoms with Crippen LogP contribution in [0.4, 0.5) is 5.82 Å². The summed E-state index contributed by atoms with van der Waals surface area (Å²) in [4.78, 5) is 13.5. The number of pyridine rings is 1. The van der Waals surface area contributed by atoms with E-state index in [0.29, 0.717) is 22.8 Å². The van der Waals surface area contributed by atoms with Gasteiger partial charge in [-0.2, -0.15) is 0 Å². The number of benzene rings is 1. The molecule has 0 radical (unpaired) electrons. The van der Waals surface area contributed by atoms with E-state index in [9.17, 15) is 0 Å². The maximum absolute atomic E-state index is 7.32. The molecule has 1 aromatic carbocycles. The summed E-state index contributed by atoms with van der Waals surface area (Å²) in [5, 5.41) is 4.32. The average Bonchev–Trinajstić information content (AvgIpc) is 3.30. The first kappa shape index (κ1) is 21.3. The van der Waals surface area contributed by atoms with Crippen molar-refractivity contribution in [3.05, 3.63) is 41.4 Å². The Hall–Kier alpha value is -2.96. The Balaban J connectivity index is 1.67. The van der Waals surface area contributed by atoms with Gasteiger partial charge < -0.3 is 29.9 Å². The molecular formula is C22H26N6O2S. The molecule has 0 amide bonds. The van der Waals surface area contributed by atoms with Gasteiger partial charge in [0.2, 0.25) is 13.3 Å². The second-order valence-electron chi connectivity index (χ2n) is 8.58. The van der Waals surface area contributed by atoms with Crippen LogP contribution >= 0.6 is 11.8 Å². The van der Waals surface area contributed by atoms with Crippen LogP contribution in [0.5, 0.6) is 11.5 Å². The van der Waals surface area contributed by atoms with Crippen molar-refractivity contribution in [1.82, 2.24) is 19.9 Å². The molecule has 1 aliphatic rings. The number of nitrogens with one attached hydrogen (secondary N) is 1. The predicted molar refractivity (Wildman–Crippen MR) is 121 cm³/mol. The Morgan fingerprint density at radius 2 is 2.06 bits per heavy atom. The highest BCUT2D eigenvalue weighted by Crippen LogP contribution is 2.41. The first-order chi connectivity index (χ1) is 14.9. The summed E-state index contributed by atoms with van der Waals surface area (Å²) < 4.78 is 13.2. The highest BCUT2D eigenvalue weighted by atomic mass is 32.2. The summed E-state index contributed by atoms with van der Waals surface area (Å²) in [5.41, 5.74) is 8.84. The third-order valence-corrected chi connectivity index (χ3v) is 5.93. The van der Waals surface area contributed by atoms with Crippen molar-refractivity contribution in [2.24, 2.45) is 5.41 Å². The molecule has 31 heavy (non-hydrogen) atoms. The van der Waals surface area contributed by atoms with Gasteiger partial charge in [0.15, 0.2) is 22.5 Å². The molecule has 0 fully saturated rings. The molecule has 0 saturated carbocycles. The van der Waals surface area contributed by atoms with Crippen molar-refractivity contribution in [1.29, 1.82) is 0 Å². The fourth-order valence-corrected chi connectivity index (χ4v) is 4.42. The van der Waals surface area contributed by atoms with Gasteiger partial charge >= 0.3 is 0 Å². The monoisotopic (exact) mass is 438 g/mol. The van der Waals surface area contributed by atoms with Crippen molar-refractivity contribution >= 4 is 28.6 Å². The molecule has 4 rings (SSSR count). The molecule has 0 spiro atoms. The lowest BCUT2D eigenvalue weighted by atomic mass is 9.97. The first-order valence-electron chi connectivity index (χ1n) is 10.1. The normalized spacial score (nSPS) is 13.0. The minimum absolute atomic E-state index is 0.196. The van der Waals surface area contributed by atoms with Gasteiger partial charge in [-0.15, -0.1) is 0 Å². The van der Waals surface area contributed by atoms with Gasteiger partial charge in [-0.25, -0.2) is 16.5 Å². The van der Waals surface area contributed by atoms with Gasteiger partial charge in [0.05, 0.1) is 5.52 Å². The van der Waals surface area contributed by atoms with E-state index >= 15 is 0 Å². The quantitative estimate of drug-likeness (QED) is 0.426.